The summed E-state index contributed by atoms with van der Waals surface area (Å²) in [7, 11) is 0. The van der Waals surface area contributed by atoms with Gasteiger partial charge >= 0.3 is 5.62 Å². The highest BCUT2D eigenvalue weighted by molar-refractivity contribution is 6.71. The van der Waals surface area contributed by atoms with Gasteiger partial charge in [0, 0.05) is 4.91 Å². The minimum absolute atomic E-state index is 0.0217. The van der Waals surface area contributed by atoms with Crippen molar-refractivity contribution < 1.29 is 4.76 Å². The van der Waals surface area contributed by atoms with Gasteiger partial charge in [-0.15, -0.1) is 0 Å². The first-order valence-corrected chi connectivity index (χ1v) is 4.90. The Balaban J connectivity index is 3.10. The van der Waals surface area contributed by atoms with Crippen LogP contribution in [0.1, 0.15) is 0 Å². The molecule has 1 aliphatic heterocycles. The molecule has 1 aliphatic rings. The SMILES string of the molecule is O=[N+]1C(C(Cl)(Cl)Cl)=CC(Cl)=NC1Cl. The zero-order valence-corrected chi connectivity index (χ0v) is 9.63. The second-order valence-corrected chi connectivity index (χ2v) is 5.17. The Morgan fingerprint density at radius 2 is 2.00 bits per heavy atom. The van der Waals surface area contributed by atoms with Crippen molar-refractivity contribution in [3.63, 3.8) is 0 Å². The summed E-state index contributed by atoms with van der Waals surface area (Å²) in [6.45, 7) is 0. The van der Waals surface area contributed by atoms with Crippen LogP contribution in [0, 0.1) is 4.91 Å². The summed E-state index contributed by atoms with van der Waals surface area (Å²) in [5.41, 5.74) is -1.35. The lowest BCUT2D eigenvalue weighted by atomic mass is 10.4. The molecule has 13 heavy (non-hydrogen) atoms. The number of nitrogens with zero attached hydrogens (tertiary/aromatic N) is 2. The Morgan fingerprint density at radius 3 is 2.46 bits per heavy atom. The Hall–Kier alpha value is 0.460. The standard InChI is InChI=1S/C5H2Cl5N2O/c6-3-1-2(5(8,9)10)12(13)4(7)11-3/h1,4H/q+1. The van der Waals surface area contributed by atoms with Crippen LogP contribution in [0.2, 0.25) is 0 Å². The number of halogens is 5. The van der Waals surface area contributed by atoms with Crippen LogP contribution >= 0.6 is 58.0 Å². The smallest absolute Gasteiger partial charge is 0.186 e. The first kappa shape index (κ1) is 11.5. The molecule has 0 fully saturated rings. The fourth-order valence-corrected chi connectivity index (χ4v) is 1.56. The third-order valence-corrected chi connectivity index (χ3v) is 2.27. The Bertz CT molecular complexity index is 305. The molecule has 0 aromatic carbocycles. The van der Waals surface area contributed by atoms with Gasteiger partial charge in [0.25, 0.3) is 9.49 Å². The fourth-order valence-electron chi connectivity index (χ4n) is 0.689. The molecular formula is C5H2Cl5N2O+. The molecule has 72 valence electrons. The van der Waals surface area contributed by atoms with Crippen molar-refractivity contribution in [3.05, 3.63) is 16.7 Å². The molecule has 0 spiro atoms. The van der Waals surface area contributed by atoms with Gasteiger partial charge in [0.2, 0.25) is 0 Å². The highest BCUT2D eigenvalue weighted by Crippen LogP contribution is 2.37. The molecule has 0 N–H and O–H groups in total. The van der Waals surface area contributed by atoms with Crippen molar-refractivity contribution in [1.29, 1.82) is 0 Å². The lowest BCUT2D eigenvalue weighted by Gasteiger charge is -2.11. The quantitative estimate of drug-likeness (QED) is 0.382. The van der Waals surface area contributed by atoms with Gasteiger partial charge in [-0.2, -0.15) is 4.99 Å². The van der Waals surface area contributed by atoms with E-state index in [1.807, 2.05) is 0 Å². The predicted octanol–water partition coefficient (Wildman–Crippen LogP) is 3.19. The van der Waals surface area contributed by atoms with Crippen LogP contribution in [0.25, 0.3) is 0 Å². The van der Waals surface area contributed by atoms with Gasteiger partial charge in [-0.25, -0.2) is 0 Å². The number of allylic oxidation sites excluding steroid dienone is 2. The maximum Gasteiger partial charge on any atom is 0.378 e. The largest absolute Gasteiger partial charge is 0.378 e. The number of hydrogen-bond acceptors (Lipinski definition) is 2. The van der Waals surface area contributed by atoms with Crippen LogP contribution in [0.5, 0.6) is 0 Å². The first-order chi connectivity index (χ1) is 5.82. The fraction of sp³-hybridized carbons (Fsp3) is 0.400. The van der Waals surface area contributed by atoms with Crippen LogP contribution in [0.4, 0.5) is 0 Å². The number of alkyl halides is 4. The molecule has 0 bridgehead atoms. The second kappa shape index (κ2) is 3.91. The maximum atomic E-state index is 11.2. The minimum atomic E-state index is -1.86. The molecule has 0 aliphatic carbocycles. The summed E-state index contributed by atoms with van der Waals surface area (Å²) < 4.78 is -1.58. The molecule has 3 nitrogen and oxygen atoms in total. The molecule has 0 saturated heterocycles. The lowest BCUT2D eigenvalue weighted by molar-refractivity contribution is -0.517. The van der Waals surface area contributed by atoms with Crippen molar-refractivity contribution in [1.82, 2.24) is 0 Å². The molecular weight excluding hydrogens is 281 g/mol. The number of aliphatic imine (C=N–C) groups is 1. The van der Waals surface area contributed by atoms with Gasteiger partial charge in [-0.3, -0.25) is 0 Å². The van der Waals surface area contributed by atoms with Crippen LogP contribution in [0.3, 0.4) is 0 Å². The van der Waals surface area contributed by atoms with Gasteiger partial charge in [-0.1, -0.05) is 46.4 Å². The van der Waals surface area contributed by atoms with E-state index in [2.05, 4.69) is 4.99 Å². The average molecular weight is 283 g/mol. The first-order valence-electron chi connectivity index (χ1n) is 2.95. The normalized spacial score (nSPS) is 24.1. The van der Waals surface area contributed by atoms with Crippen molar-refractivity contribution in [3.8, 4) is 0 Å². The van der Waals surface area contributed by atoms with E-state index in [-0.39, 0.29) is 15.6 Å². The highest BCUT2D eigenvalue weighted by atomic mass is 35.6. The van der Waals surface area contributed by atoms with Gasteiger partial charge in [0.1, 0.15) is 5.17 Å². The van der Waals surface area contributed by atoms with Gasteiger partial charge < -0.3 is 0 Å². The zero-order valence-electron chi connectivity index (χ0n) is 5.85. The van der Waals surface area contributed by atoms with Crippen LogP contribution in [0.15, 0.2) is 16.8 Å². The van der Waals surface area contributed by atoms with Gasteiger partial charge in [-0.05, 0) is 11.6 Å². The average Bonchev–Trinajstić information content (AvgIpc) is 1.94. The van der Waals surface area contributed by atoms with E-state index < -0.39 is 9.42 Å². The van der Waals surface area contributed by atoms with Crippen LogP contribution < -0.4 is 0 Å². The van der Waals surface area contributed by atoms with Gasteiger partial charge in [0.15, 0.2) is 0 Å². The second-order valence-electron chi connectivity index (χ2n) is 2.12. The van der Waals surface area contributed by atoms with Crippen LogP contribution in [-0.2, 0) is 0 Å². The minimum Gasteiger partial charge on any atom is -0.186 e. The summed E-state index contributed by atoms with van der Waals surface area (Å²) in [5, 5.41) is 0.0217. The molecule has 0 aromatic rings. The predicted molar refractivity (Wildman–Crippen MR) is 54.9 cm³/mol. The Labute approximate surface area is 98.8 Å². The highest BCUT2D eigenvalue weighted by Gasteiger charge is 2.45. The topological polar surface area (TPSA) is 32.4 Å². The summed E-state index contributed by atoms with van der Waals surface area (Å²) >= 11 is 27.5. The van der Waals surface area contributed by atoms with Gasteiger partial charge in [0.05, 0.1) is 10.8 Å². The molecule has 0 saturated carbocycles. The van der Waals surface area contributed by atoms with Crippen LogP contribution in [-0.4, -0.2) is 19.3 Å². The van der Waals surface area contributed by atoms with E-state index in [1.165, 1.54) is 0 Å². The summed E-state index contributed by atoms with van der Waals surface area (Å²) in [4.78, 5) is 14.8. The Morgan fingerprint density at radius 1 is 1.46 bits per heavy atom. The summed E-state index contributed by atoms with van der Waals surface area (Å²) in [6, 6.07) is 0. The number of nitroso groups, excluding NO2 is 1. The molecule has 1 rings (SSSR count). The third-order valence-electron chi connectivity index (χ3n) is 1.21. The van der Waals surface area contributed by atoms with E-state index in [0.717, 1.165) is 6.08 Å². The van der Waals surface area contributed by atoms with Crippen molar-refractivity contribution >= 4 is 63.2 Å². The maximum absolute atomic E-state index is 11.2. The molecule has 0 aromatic heterocycles. The molecule has 1 heterocycles. The monoisotopic (exact) mass is 281 g/mol. The summed E-state index contributed by atoms with van der Waals surface area (Å²) in [6.07, 6.45) is 1.15. The van der Waals surface area contributed by atoms with Crippen molar-refractivity contribution in [2.24, 2.45) is 4.99 Å². The van der Waals surface area contributed by atoms with E-state index >= 15 is 0 Å². The third kappa shape index (κ3) is 2.70. The number of rotatable bonds is 0. The molecule has 1 atom stereocenters. The molecule has 1 unspecified atom stereocenters. The van der Waals surface area contributed by atoms with E-state index in [1.54, 1.807) is 0 Å². The lowest BCUT2D eigenvalue weighted by Crippen LogP contribution is -2.28. The zero-order chi connectivity index (χ0) is 10.2. The number of hydrogen-bond donors (Lipinski definition) is 0. The van der Waals surface area contributed by atoms with E-state index in [4.69, 9.17) is 58.0 Å². The van der Waals surface area contributed by atoms with Crippen molar-refractivity contribution in [2.45, 2.75) is 9.42 Å². The molecule has 8 heteroatoms. The molecule has 0 amide bonds. The van der Waals surface area contributed by atoms with E-state index in [9.17, 15) is 4.91 Å². The molecule has 0 radical (unpaired) electrons. The van der Waals surface area contributed by atoms with Crippen molar-refractivity contribution in [2.75, 3.05) is 0 Å². The Kier molecular flexibility index (Phi) is 3.47. The summed E-state index contributed by atoms with van der Waals surface area (Å²) in [5.74, 6) is 0. The van der Waals surface area contributed by atoms with E-state index in [0.29, 0.717) is 0 Å².